The summed E-state index contributed by atoms with van der Waals surface area (Å²) in [5, 5.41) is 20.7. The lowest BCUT2D eigenvalue weighted by Crippen LogP contribution is -2.30. The number of esters is 3. The first-order valence-electron chi connectivity index (χ1n) is 43.7. The Morgan fingerprint density at radius 2 is 0.451 bits per heavy atom. The molecule has 4 N–H and O–H groups in total. The molecule has 0 saturated carbocycles. The van der Waals surface area contributed by atoms with Gasteiger partial charge in [0.15, 0.2) is 6.10 Å². The van der Waals surface area contributed by atoms with E-state index in [9.17, 15) is 43.5 Å². The topological polar surface area (TPSA) is 231 Å². The van der Waals surface area contributed by atoms with Crippen LogP contribution < -0.4 is 0 Å². The van der Waals surface area contributed by atoms with Crippen LogP contribution in [0.1, 0.15) is 329 Å². The minimum absolute atomic E-state index is 0.0199. The Labute approximate surface area is 687 Å². The number of aliphatic hydroxyl groups excluding tert-OH is 2. The second kappa shape index (κ2) is 85.8. The van der Waals surface area contributed by atoms with Gasteiger partial charge in [0.2, 0.25) is 0 Å². The molecule has 642 valence electrons. The van der Waals surface area contributed by atoms with Crippen molar-refractivity contribution in [3.8, 4) is 0 Å². The zero-order valence-corrected chi connectivity index (χ0v) is 72.3. The number of rotatable bonds is 81. The molecule has 0 bridgehead atoms. The Kier molecular flexibility index (Phi) is 81.5. The molecular formula is C95H156O16P2. The van der Waals surface area contributed by atoms with E-state index in [-0.39, 0.29) is 19.3 Å². The SMILES string of the molecule is CC/C=C\C/C=C\C/C=C\C/C=C\C/C=C\C/C=C\CCCCCCCCCCCCCCCCC(=O)OCC(O)COP(=O)(O)OCC(O)COP(=O)(O)OCC(COC(=O)CCCCCCCCCCCCC/C=C\C/C=C\C/C=C\C/C=C\C/C=C\CC)OC(=O)CCC/C=C\C/C=C\C/C=C\C/C=C\C/C=C\CC. The number of hydrogen-bond acceptors (Lipinski definition) is 14. The summed E-state index contributed by atoms with van der Waals surface area (Å²) < 4.78 is 61.3. The van der Waals surface area contributed by atoms with Gasteiger partial charge in [-0.3, -0.25) is 32.5 Å². The summed E-state index contributed by atoms with van der Waals surface area (Å²) >= 11 is 0. The van der Waals surface area contributed by atoms with E-state index in [1.54, 1.807) is 0 Å². The fraction of sp³-hybridized carbons (Fsp3) is 0.632. The highest BCUT2D eigenvalue weighted by atomic mass is 31.2. The molecule has 16 nitrogen and oxygen atoms in total. The van der Waals surface area contributed by atoms with Crippen LogP contribution in [0.3, 0.4) is 0 Å². The van der Waals surface area contributed by atoms with Crippen LogP contribution in [0.5, 0.6) is 0 Å². The van der Waals surface area contributed by atoms with Crippen molar-refractivity contribution in [2.24, 2.45) is 0 Å². The lowest BCUT2D eigenvalue weighted by Gasteiger charge is -2.21. The van der Waals surface area contributed by atoms with Crippen LogP contribution in [-0.2, 0) is 55.8 Å². The highest BCUT2D eigenvalue weighted by Gasteiger charge is 2.29. The maximum Gasteiger partial charge on any atom is 0.472 e. The van der Waals surface area contributed by atoms with Crippen molar-refractivity contribution in [1.82, 2.24) is 0 Å². The van der Waals surface area contributed by atoms with Gasteiger partial charge in [0.05, 0.1) is 26.4 Å². The number of carbonyl (C=O) groups excluding carboxylic acids is 3. The Hall–Kier alpha value is -5.61. The van der Waals surface area contributed by atoms with Crippen LogP contribution in [0.15, 0.2) is 194 Å². The van der Waals surface area contributed by atoms with Crippen molar-refractivity contribution < 1.29 is 75.8 Å². The number of unbranched alkanes of at least 4 members (excludes halogenated alkanes) is 26. The predicted molar refractivity (Wildman–Crippen MR) is 472 cm³/mol. The maximum absolute atomic E-state index is 13.0. The third-order valence-corrected chi connectivity index (χ3v) is 19.7. The number of phosphoric acid groups is 2. The maximum atomic E-state index is 13.0. The molecule has 18 heteroatoms. The molecule has 0 saturated heterocycles. The predicted octanol–water partition coefficient (Wildman–Crippen LogP) is 26.7. The number of allylic oxidation sites excluding steroid dienone is 32. The highest BCUT2D eigenvalue weighted by molar-refractivity contribution is 7.47. The minimum Gasteiger partial charge on any atom is -0.463 e. The van der Waals surface area contributed by atoms with E-state index in [1.165, 1.54) is 103 Å². The molecule has 0 aromatic rings. The van der Waals surface area contributed by atoms with Gasteiger partial charge in [-0.25, -0.2) is 9.13 Å². The van der Waals surface area contributed by atoms with E-state index < -0.39 is 91.5 Å². The van der Waals surface area contributed by atoms with E-state index in [0.29, 0.717) is 25.7 Å². The first-order valence-corrected chi connectivity index (χ1v) is 46.7. The molecule has 0 aromatic heterocycles. The monoisotopic (exact) mass is 1620 g/mol. The molecule has 0 aliphatic rings. The van der Waals surface area contributed by atoms with Gasteiger partial charge in [-0.05, 0) is 154 Å². The molecule has 5 atom stereocenters. The van der Waals surface area contributed by atoms with Crippen molar-refractivity contribution in [3.63, 3.8) is 0 Å². The molecule has 0 amide bonds. The minimum atomic E-state index is -4.96. The normalized spacial score (nSPS) is 14.8. The molecular weight excluding hydrogens is 1460 g/mol. The first-order chi connectivity index (χ1) is 55.2. The largest absolute Gasteiger partial charge is 0.472 e. The fourth-order valence-electron chi connectivity index (χ4n) is 11.3. The average Bonchev–Trinajstić information content (AvgIpc) is 0.900. The molecule has 0 rings (SSSR count). The van der Waals surface area contributed by atoms with E-state index in [0.717, 1.165) is 161 Å². The summed E-state index contributed by atoms with van der Waals surface area (Å²) in [6, 6.07) is 0. The van der Waals surface area contributed by atoms with E-state index in [2.05, 4.69) is 203 Å². The number of carbonyl (C=O) groups is 3. The van der Waals surface area contributed by atoms with Crippen LogP contribution in [0.4, 0.5) is 0 Å². The summed E-state index contributed by atoms with van der Waals surface area (Å²) in [7, 11) is -9.83. The third kappa shape index (κ3) is 87.1. The first kappa shape index (κ1) is 107. The summed E-state index contributed by atoms with van der Waals surface area (Å²) in [6.07, 6.45) is 114. The van der Waals surface area contributed by atoms with Gasteiger partial charge < -0.3 is 34.2 Å². The second-order valence-corrected chi connectivity index (χ2v) is 31.5. The quantitative estimate of drug-likeness (QED) is 0.0146. The van der Waals surface area contributed by atoms with Crippen LogP contribution in [0.2, 0.25) is 0 Å². The van der Waals surface area contributed by atoms with E-state index in [1.807, 2.05) is 12.2 Å². The molecule has 0 aliphatic heterocycles. The van der Waals surface area contributed by atoms with Crippen molar-refractivity contribution in [2.45, 2.75) is 347 Å². The molecule has 113 heavy (non-hydrogen) atoms. The number of hydrogen-bond donors (Lipinski definition) is 4. The molecule has 0 spiro atoms. The average molecular weight is 1620 g/mol. The third-order valence-electron chi connectivity index (χ3n) is 17.8. The van der Waals surface area contributed by atoms with E-state index >= 15 is 0 Å². The Morgan fingerprint density at radius 3 is 0.726 bits per heavy atom. The summed E-state index contributed by atoms with van der Waals surface area (Å²) in [4.78, 5) is 58.8. The second-order valence-electron chi connectivity index (χ2n) is 28.5. The van der Waals surface area contributed by atoms with Gasteiger partial charge >= 0.3 is 33.6 Å². The molecule has 0 aliphatic carbocycles. The van der Waals surface area contributed by atoms with Crippen molar-refractivity contribution >= 4 is 33.6 Å². The molecule has 0 aromatic carbocycles. The van der Waals surface area contributed by atoms with Gasteiger partial charge in [0, 0.05) is 19.3 Å². The molecule has 0 radical (unpaired) electrons. The number of aliphatic hydroxyl groups is 2. The van der Waals surface area contributed by atoms with Gasteiger partial charge in [-0.15, -0.1) is 0 Å². The van der Waals surface area contributed by atoms with Crippen molar-refractivity contribution in [1.29, 1.82) is 0 Å². The van der Waals surface area contributed by atoms with E-state index in [4.69, 9.17) is 32.3 Å². The Balaban J connectivity index is 4.55. The lowest BCUT2D eigenvalue weighted by atomic mass is 10.0. The fourth-order valence-corrected chi connectivity index (χ4v) is 12.9. The van der Waals surface area contributed by atoms with Crippen molar-refractivity contribution in [3.05, 3.63) is 194 Å². The zero-order chi connectivity index (χ0) is 82.2. The molecule has 5 unspecified atom stereocenters. The van der Waals surface area contributed by atoms with Gasteiger partial charge in [0.25, 0.3) is 0 Å². The summed E-state index contributed by atoms with van der Waals surface area (Å²) in [5.74, 6) is -1.65. The van der Waals surface area contributed by atoms with Crippen LogP contribution in [0.25, 0.3) is 0 Å². The summed E-state index contributed by atoms with van der Waals surface area (Å²) in [5.41, 5.74) is 0. The van der Waals surface area contributed by atoms with Crippen LogP contribution >= 0.6 is 15.6 Å². The van der Waals surface area contributed by atoms with Crippen LogP contribution in [-0.4, -0.2) is 95.9 Å². The number of ether oxygens (including phenoxy) is 3. The Bertz CT molecular complexity index is 2830. The standard InChI is InChI=1S/C95H156O16P2/c1-4-7-10-13-16-19-22-25-28-31-33-35-37-39-41-42-43-44-45-46-48-50-51-53-55-58-60-63-66-69-72-75-78-81-93(98)105-84-90(96)85-107-112(101,102)108-86-91(97)87-109-113(103,104)110-89-92(111-95(100)83-80-77-74-71-68-65-62-57-30-27-24-21-18-15-12-9-6-3)88-106-94(99)82-79-76-73-70-67-64-61-59-56-54-52-49-47-40-38-36-34-32-29-26-23-20-17-14-11-8-5-2/h7-12,16-21,25-30,33-36,39-41,43-44,47,62,65,71,74,90-92,96-97H,4-6,13-15,22-24,31-32,37-38,42,45-46,48-61,63-64,66-70,72-73,75-89H2,1-3H3,(H,101,102)(H,103,104)/b10-7-,11-8-,12-9-,19-16-,20-17-,21-18-,28-25-,29-26-,30-27-,35-33-,36-34-,41-39-,44-43-,47-40-,65-62-,74-71-. The smallest absolute Gasteiger partial charge is 0.463 e. The lowest BCUT2D eigenvalue weighted by molar-refractivity contribution is -0.161. The summed E-state index contributed by atoms with van der Waals surface area (Å²) in [6.45, 7) is 2.28. The van der Waals surface area contributed by atoms with Gasteiger partial charge in [-0.1, -0.05) is 350 Å². The Morgan fingerprint density at radius 1 is 0.248 bits per heavy atom. The van der Waals surface area contributed by atoms with Crippen molar-refractivity contribution in [2.75, 3.05) is 39.6 Å². The van der Waals surface area contributed by atoms with Gasteiger partial charge in [0.1, 0.15) is 25.4 Å². The van der Waals surface area contributed by atoms with Gasteiger partial charge in [-0.2, -0.15) is 0 Å². The highest BCUT2D eigenvalue weighted by Crippen LogP contribution is 2.45. The zero-order valence-electron chi connectivity index (χ0n) is 70.5. The molecule has 0 fully saturated rings. The number of phosphoric ester groups is 2. The van der Waals surface area contributed by atoms with Crippen LogP contribution in [0, 0.1) is 0 Å². The molecule has 0 heterocycles.